The number of carbonyl (C=O) groups excluding carboxylic acids is 1. The number of aryl methyl sites for hydroxylation is 1. The number of Topliss-reactive ketones (excluding diaryl/α,β-unsaturated/α-hetero) is 1. The van der Waals surface area contributed by atoms with Crippen LogP contribution in [0.25, 0.3) is 10.8 Å². The van der Waals surface area contributed by atoms with Crippen molar-refractivity contribution in [2.45, 2.75) is 13.5 Å². The van der Waals surface area contributed by atoms with Crippen molar-refractivity contribution in [2.75, 3.05) is 0 Å². The van der Waals surface area contributed by atoms with Gasteiger partial charge in [-0.25, -0.2) is 0 Å². The molecule has 2 nitrogen and oxygen atoms in total. The Hall–Kier alpha value is -2.00. The van der Waals surface area contributed by atoms with E-state index in [1.165, 1.54) is 5.56 Å². The number of rotatable bonds is 3. The predicted octanol–water partition coefficient (Wildman–Crippen LogP) is 3.90. The molecule has 3 heteroatoms. The Bertz CT molecular complexity index is 760. The number of nitrogens with zero attached hydrogens (tertiary/aromatic N) is 1. The molecule has 2 aromatic carbocycles. The Labute approximate surface area is 134 Å². The first kappa shape index (κ1) is 15.4. The highest BCUT2D eigenvalue weighted by Gasteiger charge is 2.14. The number of fused-ring (bicyclic) bond motifs is 1. The maximum atomic E-state index is 12.5. The van der Waals surface area contributed by atoms with E-state index >= 15 is 0 Å². The van der Waals surface area contributed by atoms with Crippen LogP contribution in [0.4, 0.5) is 0 Å². The lowest BCUT2D eigenvalue weighted by atomic mass is 10.0. The van der Waals surface area contributed by atoms with E-state index in [1.54, 1.807) is 0 Å². The Morgan fingerprint density at radius 3 is 2.38 bits per heavy atom. The second kappa shape index (κ2) is 6.64. The van der Waals surface area contributed by atoms with Crippen LogP contribution in [0, 0.1) is 6.92 Å². The molecule has 0 spiro atoms. The van der Waals surface area contributed by atoms with Gasteiger partial charge < -0.3 is 0 Å². The van der Waals surface area contributed by atoms with E-state index in [1.807, 2.05) is 78.5 Å². The molecular weight excluding hydrogens is 326 g/mol. The molecule has 0 amide bonds. The zero-order valence-corrected chi connectivity index (χ0v) is 13.5. The first-order valence-corrected chi connectivity index (χ1v) is 6.71. The molecular formula is C18H17BrNO+. The van der Waals surface area contributed by atoms with Gasteiger partial charge in [0.2, 0.25) is 12.3 Å². The summed E-state index contributed by atoms with van der Waals surface area (Å²) in [4.78, 5) is 12.5. The summed E-state index contributed by atoms with van der Waals surface area (Å²) in [7, 11) is 0. The second-order valence-electron chi connectivity index (χ2n) is 5.00. The zero-order chi connectivity index (χ0) is 13.9. The van der Waals surface area contributed by atoms with E-state index < -0.39 is 0 Å². The van der Waals surface area contributed by atoms with Gasteiger partial charge in [0.1, 0.15) is 0 Å². The number of halogens is 1. The van der Waals surface area contributed by atoms with Crippen LogP contribution in [-0.4, -0.2) is 5.78 Å². The molecule has 0 unspecified atom stereocenters. The van der Waals surface area contributed by atoms with Crippen molar-refractivity contribution in [2.24, 2.45) is 0 Å². The van der Waals surface area contributed by atoms with Crippen LogP contribution in [-0.2, 0) is 6.54 Å². The lowest BCUT2D eigenvalue weighted by Crippen LogP contribution is -2.37. The summed E-state index contributed by atoms with van der Waals surface area (Å²) < 4.78 is 1.91. The van der Waals surface area contributed by atoms with Gasteiger partial charge in [-0.1, -0.05) is 42.5 Å². The molecule has 1 aromatic heterocycles. The molecule has 3 rings (SSSR count). The monoisotopic (exact) mass is 342 g/mol. The summed E-state index contributed by atoms with van der Waals surface area (Å²) >= 11 is 0. The number of hydrogen-bond donors (Lipinski definition) is 0. The fourth-order valence-electron chi connectivity index (χ4n) is 2.36. The fourth-order valence-corrected chi connectivity index (χ4v) is 2.36. The van der Waals surface area contributed by atoms with Crippen LogP contribution in [0.1, 0.15) is 15.9 Å². The summed E-state index contributed by atoms with van der Waals surface area (Å²) in [6.07, 6.45) is 3.89. The summed E-state index contributed by atoms with van der Waals surface area (Å²) in [5, 5.41) is 2.12. The van der Waals surface area contributed by atoms with Crippen LogP contribution in [0.15, 0.2) is 67.0 Å². The van der Waals surface area contributed by atoms with Crippen molar-refractivity contribution in [3.8, 4) is 0 Å². The maximum Gasteiger partial charge on any atom is 0.228 e. The van der Waals surface area contributed by atoms with Crippen molar-refractivity contribution in [3.63, 3.8) is 0 Å². The molecule has 106 valence electrons. The standard InChI is InChI=1S/C18H16NO.BrH/c1-14-9-11-19(12-10-14)13-18(20)17-8-4-6-15-5-2-3-7-16(15)17;/h2-12H,13H2,1H3;1H/q+1;. The Kier molecular flexibility index (Phi) is 4.86. The maximum absolute atomic E-state index is 12.5. The molecule has 3 aromatic rings. The average Bonchev–Trinajstić information content (AvgIpc) is 2.49. The largest absolute Gasteiger partial charge is 0.287 e. The van der Waals surface area contributed by atoms with Crippen molar-refractivity contribution >= 4 is 33.5 Å². The smallest absolute Gasteiger partial charge is 0.228 e. The predicted molar refractivity (Wildman–Crippen MR) is 90.0 cm³/mol. The minimum absolute atomic E-state index is 0. The fraction of sp³-hybridized carbons (Fsp3) is 0.111. The lowest BCUT2D eigenvalue weighted by Gasteiger charge is -2.04. The molecule has 1 heterocycles. The van der Waals surface area contributed by atoms with Crippen molar-refractivity contribution < 1.29 is 9.36 Å². The SMILES string of the molecule is Br.Cc1cc[n+](CC(=O)c2cccc3ccccc23)cc1. The van der Waals surface area contributed by atoms with Gasteiger partial charge >= 0.3 is 0 Å². The van der Waals surface area contributed by atoms with Gasteiger partial charge in [0, 0.05) is 17.7 Å². The lowest BCUT2D eigenvalue weighted by molar-refractivity contribution is -0.683. The molecule has 0 aliphatic rings. The minimum atomic E-state index is 0. The third-order valence-electron chi connectivity index (χ3n) is 3.47. The number of aromatic nitrogens is 1. The Morgan fingerprint density at radius 2 is 1.62 bits per heavy atom. The molecule has 0 N–H and O–H groups in total. The highest BCUT2D eigenvalue weighted by atomic mass is 79.9. The van der Waals surface area contributed by atoms with E-state index in [0.29, 0.717) is 6.54 Å². The minimum Gasteiger partial charge on any atom is -0.287 e. The molecule has 0 radical (unpaired) electrons. The van der Waals surface area contributed by atoms with Crippen LogP contribution >= 0.6 is 17.0 Å². The second-order valence-corrected chi connectivity index (χ2v) is 5.00. The Morgan fingerprint density at radius 1 is 0.952 bits per heavy atom. The van der Waals surface area contributed by atoms with Crippen LogP contribution < -0.4 is 4.57 Å². The molecule has 0 atom stereocenters. The van der Waals surface area contributed by atoms with E-state index in [9.17, 15) is 4.79 Å². The summed E-state index contributed by atoms with van der Waals surface area (Å²) in [5.41, 5.74) is 1.98. The van der Waals surface area contributed by atoms with Gasteiger partial charge in [-0.2, -0.15) is 4.57 Å². The van der Waals surface area contributed by atoms with E-state index in [4.69, 9.17) is 0 Å². The normalized spacial score (nSPS) is 10.1. The van der Waals surface area contributed by atoms with Crippen LogP contribution in [0.5, 0.6) is 0 Å². The Balaban J connectivity index is 0.00000161. The number of carbonyl (C=O) groups is 1. The van der Waals surface area contributed by atoms with E-state index in [0.717, 1.165) is 16.3 Å². The molecule has 0 saturated heterocycles. The molecule has 0 aliphatic carbocycles. The number of pyridine rings is 1. The third kappa shape index (κ3) is 3.37. The molecule has 0 fully saturated rings. The van der Waals surface area contributed by atoms with E-state index in [-0.39, 0.29) is 22.8 Å². The van der Waals surface area contributed by atoms with E-state index in [2.05, 4.69) is 0 Å². The third-order valence-corrected chi connectivity index (χ3v) is 3.47. The van der Waals surface area contributed by atoms with Crippen molar-refractivity contribution in [1.82, 2.24) is 0 Å². The first-order valence-electron chi connectivity index (χ1n) is 6.71. The number of hydrogen-bond acceptors (Lipinski definition) is 1. The van der Waals surface area contributed by atoms with Crippen molar-refractivity contribution in [3.05, 3.63) is 78.1 Å². The van der Waals surface area contributed by atoms with Gasteiger partial charge in [0.05, 0.1) is 0 Å². The van der Waals surface area contributed by atoms with Crippen LogP contribution in [0.2, 0.25) is 0 Å². The zero-order valence-electron chi connectivity index (χ0n) is 11.8. The average molecular weight is 343 g/mol. The highest BCUT2D eigenvalue weighted by Crippen LogP contribution is 2.18. The van der Waals surface area contributed by atoms with Gasteiger partial charge in [-0.05, 0) is 23.3 Å². The number of benzene rings is 2. The summed E-state index contributed by atoms with van der Waals surface area (Å²) in [5.74, 6) is 0.135. The molecule has 0 bridgehead atoms. The van der Waals surface area contributed by atoms with Gasteiger partial charge in [0.25, 0.3) is 0 Å². The quantitative estimate of drug-likeness (QED) is 0.522. The number of ketones is 1. The van der Waals surface area contributed by atoms with Crippen molar-refractivity contribution in [1.29, 1.82) is 0 Å². The van der Waals surface area contributed by atoms with Gasteiger partial charge in [0.15, 0.2) is 12.4 Å². The topological polar surface area (TPSA) is 20.9 Å². The molecule has 0 saturated carbocycles. The van der Waals surface area contributed by atoms with Gasteiger partial charge in [-0.15, -0.1) is 17.0 Å². The summed E-state index contributed by atoms with van der Waals surface area (Å²) in [6.45, 7) is 2.41. The first-order chi connectivity index (χ1) is 9.74. The van der Waals surface area contributed by atoms with Gasteiger partial charge in [-0.3, -0.25) is 4.79 Å². The van der Waals surface area contributed by atoms with Crippen LogP contribution in [0.3, 0.4) is 0 Å². The molecule has 0 aliphatic heterocycles. The molecule has 21 heavy (non-hydrogen) atoms. The highest BCUT2D eigenvalue weighted by molar-refractivity contribution is 8.93. The summed E-state index contributed by atoms with van der Waals surface area (Å²) in [6, 6.07) is 17.9.